The number of nitrogens with zero attached hydrogens (tertiary/aromatic N) is 4. The molecule has 7 rings (SSSR count). The number of benzene rings is 2. The molecule has 13 nitrogen and oxygen atoms in total. The molecule has 5 aliphatic rings. The second-order valence-electron chi connectivity index (χ2n) is 16.5. The van der Waals surface area contributed by atoms with Crippen molar-refractivity contribution in [2.75, 3.05) is 52.6 Å². The number of ether oxygens (including phenoxy) is 3. The molecule has 2 N–H and O–H groups in total. The molecule has 13 heteroatoms. The molecule has 1 amide bonds. The van der Waals surface area contributed by atoms with E-state index in [0.717, 1.165) is 92.7 Å². The first kappa shape index (κ1) is 41.8. The highest BCUT2D eigenvalue weighted by Crippen LogP contribution is 2.62. The maximum Gasteiger partial charge on any atom is 0.269 e. The van der Waals surface area contributed by atoms with Crippen molar-refractivity contribution in [3.05, 3.63) is 88.0 Å². The van der Waals surface area contributed by atoms with Crippen molar-refractivity contribution >= 4 is 17.3 Å². The topological polar surface area (TPSA) is 156 Å². The number of aliphatic hydroxyl groups is 2. The summed E-state index contributed by atoms with van der Waals surface area (Å²) in [7, 11) is 0. The van der Waals surface area contributed by atoms with Crippen LogP contribution in [0.2, 0.25) is 0 Å². The van der Waals surface area contributed by atoms with Crippen LogP contribution in [-0.4, -0.2) is 101 Å². The zero-order valence-corrected chi connectivity index (χ0v) is 33.8. The molecule has 0 spiro atoms. The first-order chi connectivity index (χ1) is 28.3. The minimum Gasteiger partial charge on any atom is -0.492 e. The van der Waals surface area contributed by atoms with Crippen LogP contribution in [0.3, 0.4) is 0 Å². The standard InChI is InChI=1S/C45H60N4O9/c1-3-19-48(44(52)32-13-14-32)41-29-39(46-57-30-31-11-15-34(16-12-31)49(53)54)37-27-33(9-5-7-23-50)36(10-6-8-24-51)42-38-28-35(55-26-22-47-20-21-47)17-18-40(38)58-45(41,43(37)42)56-25-4-2/h4,11-12,15-18,27-28,32-33,36,41-43,50-51H,2-3,5-10,13-14,19-26,29-30H2,1H3/t33-,36+,41-,42+,43+,45+/m0/s1. The lowest BCUT2D eigenvalue weighted by atomic mass is 9.55. The fourth-order valence-electron chi connectivity index (χ4n) is 9.45. The largest absolute Gasteiger partial charge is 0.492 e. The Hall–Kier alpha value is -4.30. The van der Waals surface area contributed by atoms with Crippen LogP contribution < -0.4 is 9.47 Å². The van der Waals surface area contributed by atoms with Gasteiger partial charge in [0.1, 0.15) is 30.8 Å². The molecule has 0 unspecified atom stereocenters. The van der Waals surface area contributed by atoms with Gasteiger partial charge >= 0.3 is 0 Å². The number of nitro groups is 1. The summed E-state index contributed by atoms with van der Waals surface area (Å²) in [5, 5.41) is 36.0. The first-order valence-electron chi connectivity index (χ1n) is 21.4. The van der Waals surface area contributed by atoms with Crippen molar-refractivity contribution in [1.82, 2.24) is 9.80 Å². The number of carbonyl (C=O) groups excluding carboxylic acids is 1. The SMILES string of the molecule is C=CCO[C@@]12Oc3ccc(OCCN4CC4)cc3[C@H]3[C@H](CCCCO)[C@@H](CCCCO)C=C(C(=NOCc4ccc([N+](=O)[O-])cc4)C[C@@H]1N(CCC)C(=O)C1CC1)[C@H]32. The van der Waals surface area contributed by atoms with Crippen LogP contribution in [0.5, 0.6) is 11.5 Å². The van der Waals surface area contributed by atoms with Crippen molar-refractivity contribution in [2.24, 2.45) is 28.8 Å². The molecular formula is C45H60N4O9. The van der Waals surface area contributed by atoms with E-state index in [0.29, 0.717) is 38.2 Å². The second-order valence-corrected chi connectivity index (χ2v) is 16.5. The average molecular weight is 801 g/mol. The summed E-state index contributed by atoms with van der Waals surface area (Å²) >= 11 is 0. The Morgan fingerprint density at radius 3 is 2.53 bits per heavy atom. The third kappa shape index (κ3) is 9.28. The van der Waals surface area contributed by atoms with E-state index in [4.69, 9.17) is 24.2 Å². The number of unbranched alkanes of at least 4 members (excludes halogenated alkanes) is 2. The molecule has 0 radical (unpaired) electrons. The van der Waals surface area contributed by atoms with Gasteiger partial charge in [0.15, 0.2) is 0 Å². The molecule has 3 fully saturated rings. The van der Waals surface area contributed by atoms with Gasteiger partial charge in [0, 0.05) is 75.3 Å². The van der Waals surface area contributed by atoms with Crippen molar-refractivity contribution in [3.63, 3.8) is 0 Å². The lowest BCUT2D eigenvalue weighted by Gasteiger charge is -2.60. The maximum atomic E-state index is 14.4. The van der Waals surface area contributed by atoms with Gasteiger partial charge in [-0.25, -0.2) is 0 Å². The molecular weight excluding hydrogens is 741 g/mol. The Kier molecular flexibility index (Phi) is 13.8. The van der Waals surface area contributed by atoms with Gasteiger partial charge in [0.25, 0.3) is 5.69 Å². The minimum atomic E-state index is -1.29. The smallest absolute Gasteiger partial charge is 0.269 e. The van der Waals surface area contributed by atoms with Crippen molar-refractivity contribution < 1.29 is 39.0 Å². The van der Waals surface area contributed by atoms with Gasteiger partial charge in [-0.2, -0.15) is 0 Å². The van der Waals surface area contributed by atoms with E-state index in [1.54, 1.807) is 18.2 Å². The highest BCUT2D eigenvalue weighted by atomic mass is 16.7. The van der Waals surface area contributed by atoms with E-state index in [-0.39, 0.29) is 61.7 Å². The number of rotatable bonds is 23. The molecule has 2 heterocycles. The molecule has 2 aromatic carbocycles. The number of hydrogen-bond donors (Lipinski definition) is 2. The molecule has 314 valence electrons. The molecule has 1 saturated heterocycles. The molecule has 2 aromatic rings. The Bertz CT molecular complexity index is 1810. The van der Waals surface area contributed by atoms with Gasteiger partial charge in [-0.1, -0.05) is 37.1 Å². The number of allylic oxidation sites excluding steroid dienone is 1. The molecule has 2 saturated carbocycles. The number of non-ortho nitro benzene ring substituents is 1. The van der Waals surface area contributed by atoms with Gasteiger partial charge in [-0.05, 0) is 98.2 Å². The van der Waals surface area contributed by atoms with E-state index in [2.05, 4.69) is 30.5 Å². The number of aliphatic hydroxyl groups excluding tert-OH is 2. The highest BCUT2D eigenvalue weighted by Gasteiger charge is 2.65. The normalized spacial score (nSPS) is 26.5. The second kappa shape index (κ2) is 19.2. The average Bonchev–Trinajstić information content (AvgIpc) is 4.17. The lowest BCUT2D eigenvalue weighted by Crippen LogP contribution is -2.70. The zero-order chi connectivity index (χ0) is 40.6. The van der Waals surface area contributed by atoms with E-state index in [1.807, 2.05) is 17.0 Å². The first-order valence-corrected chi connectivity index (χ1v) is 21.4. The van der Waals surface area contributed by atoms with E-state index in [1.165, 1.54) is 12.1 Å². The summed E-state index contributed by atoms with van der Waals surface area (Å²) in [4.78, 5) is 35.7. The zero-order valence-electron chi connectivity index (χ0n) is 33.8. The fraction of sp³-hybridized carbons (Fsp3) is 0.600. The summed E-state index contributed by atoms with van der Waals surface area (Å²) in [5.41, 5.74) is 3.47. The number of carbonyl (C=O) groups is 1. The van der Waals surface area contributed by atoms with Crippen molar-refractivity contribution in [1.29, 1.82) is 0 Å². The van der Waals surface area contributed by atoms with Crippen LogP contribution in [0.1, 0.15) is 88.2 Å². The number of fused-ring (bicyclic) bond motifs is 2. The van der Waals surface area contributed by atoms with Crippen LogP contribution in [0.25, 0.3) is 0 Å². The van der Waals surface area contributed by atoms with Crippen LogP contribution in [-0.2, 0) is 21.0 Å². The van der Waals surface area contributed by atoms with Gasteiger partial charge in [0.05, 0.1) is 23.2 Å². The van der Waals surface area contributed by atoms with Crippen molar-refractivity contribution in [2.45, 2.75) is 95.5 Å². The summed E-state index contributed by atoms with van der Waals surface area (Å²) < 4.78 is 20.8. The summed E-state index contributed by atoms with van der Waals surface area (Å²) in [6.07, 6.45) is 11.6. The van der Waals surface area contributed by atoms with Crippen LogP contribution in [0.15, 0.2) is 71.9 Å². The molecule has 0 aromatic heterocycles. The minimum absolute atomic E-state index is 0.00316. The molecule has 2 aliphatic heterocycles. The quantitative estimate of drug-likeness (QED) is 0.0404. The van der Waals surface area contributed by atoms with E-state index in [9.17, 15) is 25.1 Å². The maximum absolute atomic E-state index is 14.4. The highest BCUT2D eigenvalue weighted by molar-refractivity contribution is 6.03. The monoisotopic (exact) mass is 800 g/mol. The Morgan fingerprint density at radius 2 is 1.86 bits per heavy atom. The van der Waals surface area contributed by atoms with Crippen LogP contribution in [0.4, 0.5) is 5.69 Å². The predicted molar refractivity (Wildman–Crippen MR) is 220 cm³/mol. The van der Waals surface area contributed by atoms with E-state index >= 15 is 0 Å². The fourth-order valence-corrected chi connectivity index (χ4v) is 9.45. The van der Waals surface area contributed by atoms with Gasteiger partial charge in [-0.15, -0.1) is 6.58 Å². The number of nitro benzene ring substituents is 1. The van der Waals surface area contributed by atoms with Gasteiger partial charge in [0.2, 0.25) is 11.7 Å². The van der Waals surface area contributed by atoms with Crippen molar-refractivity contribution in [3.8, 4) is 11.5 Å². The number of amides is 1. The summed E-state index contributed by atoms with van der Waals surface area (Å²) in [6, 6.07) is 11.8. The number of hydrogen-bond acceptors (Lipinski definition) is 11. The predicted octanol–water partition coefficient (Wildman–Crippen LogP) is 6.77. The van der Waals surface area contributed by atoms with Gasteiger partial charge in [-0.3, -0.25) is 19.8 Å². The van der Waals surface area contributed by atoms with Crippen LogP contribution in [0, 0.1) is 33.8 Å². The Labute approximate surface area is 341 Å². The lowest BCUT2D eigenvalue weighted by molar-refractivity contribution is -0.384. The van der Waals surface area contributed by atoms with E-state index < -0.39 is 22.7 Å². The summed E-state index contributed by atoms with van der Waals surface area (Å²) in [6.45, 7) is 10.8. The third-order valence-corrected chi connectivity index (χ3v) is 12.5. The Balaban J connectivity index is 1.38. The summed E-state index contributed by atoms with van der Waals surface area (Å²) in [5.74, 6) is -0.0555. The molecule has 3 aliphatic carbocycles. The number of oxime groups is 1. The van der Waals surface area contributed by atoms with Crippen LogP contribution >= 0.6 is 0 Å². The third-order valence-electron chi connectivity index (χ3n) is 12.5. The molecule has 6 atom stereocenters. The molecule has 58 heavy (non-hydrogen) atoms. The Morgan fingerprint density at radius 1 is 1.10 bits per heavy atom. The van der Waals surface area contributed by atoms with Gasteiger partial charge < -0.3 is 34.2 Å². The molecule has 0 bridgehead atoms.